The van der Waals surface area contributed by atoms with Crippen molar-refractivity contribution in [1.82, 2.24) is 5.32 Å². The zero-order valence-electron chi connectivity index (χ0n) is 8.40. The van der Waals surface area contributed by atoms with Gasteiger partial charge in [-0.2, -0.15) is 0 Å². The van der Waals surface area contributed by atoms with Crippen LogP contribution in [0.5, 0.6) is 0 Å². The molecule has 1 aliphatic rings. The van der Waals surface area contributed by atoms with Gasteiger partial charge in [-0.3, -0.25) is 0 Å². The van der Waals surface area contributed by atoms with Gasteiger partial charge < -0.3 is 11.1 Å². The molecule has 72 valence electrons. The number of hydrogen-bond donors (Lipinski definition) is 2. The van der Waals surface area contributed by atoms with Crippen molar-refractivity contribution < 1.29 is 0 Å². The molecule has 2 heteroatoms. The van der Waals surface area contributed by atoms with Crippen LogP contribution in [0.15, 0.2) is 0 Å². The van der Waals surface area contributed by atoms with Crippen LogP contribution in [0.1, 0.15) is 46.0 Å². The first kappa shape index (κ1) is 10.0. The predicted octanol–water partition coefficient (Wildman–Crippen LogP) is 1.65. The molecular formula is C10H22N2. The first-order valence-electron chi connectivity index (χ1n) is 5.18. The molecule has 1 atom stereocenters. The van der Waals surface area contributed by atoms with Crippen LogP contribution in [0.25, 0.3) is 0 Å². The predicted molar refractivity (Wildman–Crippen MR) is 53.1 cm³/mol. The summed E-state index contributed by atoms with van der Waals surface area (Å²) in [4.78, 5) is 0. The Morgan fingerprint density at radius 2 is 2.17 bits per heavy atom. The molecular weight excluding hydrogens is 148 g/mol. The van der Waals surface area contributed by atoms with Gasteiger partial charge in [-0.15, -0.1) is 0 Å². The van der Waals surface area contributed by atoms with E-state index in [0.717, 1.165) is 6.54 Å². The Bertz CT molecular complexity index is 130. The van der Waals surface area contributed by atoms with Crippen molar-refractivity contribution in [3.05, 3.63) is 0 Å². The second kappa shape index (κ2) is 4.24. The van der Waals surface area contributed by atoms with E-state index in [1.54, 1.807) is 0 Å². The van der Waals surface area contributed by atoms with Crippen molar-refractivity contribution in [1.29, 1.82) is 0 Å². The summed E-state index contributed by atoms with van der Waals surface area (Å²) in [6.07, 6.45) is 6.25. The maximum atomic E-state index is 6.08. The summed E-state index contributed by atoms with van der Waals surface area (Å²) in [6, 6.07) is 0.635. The Morgan fingerprint density at radius 1 is 1.50 bits per heavy atom. The molecule has 1 rings (SSSR count). The van der Waals surface area contributed by atoms with Gasteiger partial charge in [0.2, 0.25) is 0 Å². The minimum Gasteiger partial charge on any atom is -0.324 e. The molecule has 0 amide bonds. The summed E-state index contributed by atoms with van der Waals surface area (Å²) in [6.45, 7) is 5.47. The molecule has 1 unspecified atom stereocenters. The summed E-state index contributed by atoms with van der Waals surface area (Å²) >= 11 is 0. The molecule has 0 radical (unpaired) electrons. The smallest absolute Gasteiger partial charge is 0.0280 e. The fraction of sp³-hybridized carbons (Fsp3) is 1.00. The first-order chi connectivity index (χ1) is 5.66. The molecule has 1 fully saturated rings. The molecule has 0 heterocycles. The second-order valence-electron chi connectivity index (χ2n) is 4.29. The van der Waals surface area contributed by atoms with Crippen molar-refractivity contribution in [3.63, 3.8) is 0 Å². The zero-order valence-corrected chi connectivity index (χ0v) is 8.40. The van der Waals surface area contributed by atoms with Crippen LogP contribution in [-0.2, 0) is 0 Å². The standard InChI is InChI=1S/C10H22N2/c1-3-5-9(2)12-8-10(11)6-4-7-10/h9,12H,3-8,11H2,1-2H3. The van der Waals surface area contributed by atoms with Crippen LogP contribution in [0, 0.1) is 0 Å². The molecule has 0 aromatic rings. The Labute approximate surface area is 75.9 Å². The summed E-state index contributed by atoms with van der Waals surface area (Å²) in [5, 5.41) is 3.50. The van der Waals surface area contributed by atoms with E-state index in [1.165, 1.54) is 32.1 Å². The SMILES string of the molecule is CCCC(C)NCC1(N)CCC1. The third kappa shape index (κ3) is 2.76. The van der Waals surface area contributed by atoms with Crippen molar-refractivity contribution >= 4 is 0 Å². The monoisotopic (exact) mass is 170 g/mol. The van der Waals surface area contributed by atoms with E-state index in [2.05, 4.69) is 19.2 Å². The molecule has 0 spiro atoms. The number of nitrogens with two attached hydrogens (primary N) is 1. The van der Waals surface area contributed by atoms with E-state index >= 15 is 0 Å². The lowest BCUT2D eigenvalue weighted by atomic mass is 9.77. The van der Waals surface area contributed by atoms with Gasteiger partial charge in [-0.25, -0.2) is 0 Å². The normalized spacial score (nSPS) is 23.2. The molecule has 12 heavy (non-hydrogen) atoms. The van der Waals surface area contributed by atoms with Crippen molar-refractivity contribution in [2.45, 2.75) is 57.5 Å². The van der Waals surface area contributed by atoms with Gasteiger partial charge in [0.05, 0.1) is 0 Å². The molecule has 0 aromatic heterocycles. The van der Waals surface area contributed by atoms with Crippen LogP contribution in [-0.4, -0.2) is 18.1 Å². The Hall–Kier alpha value is -0.0800. The molecule has 0 bridgehead atoms. The quantitative estimate of drug-likeness (QED) is 0.658. The largest absolute Gasteiger partial charge is 0.324 e. The Kier molecular flexibility index (Phi) is 3.53. The topological polar surface area (TPSA) is 38.0 Å². The minimum absolute atomic E-state index is 0.141. The molecule has 0 aromatic carbocycles. The molecule has 1 aliphatic carbocycles. The highest BCUT2D eigenvalue weighted by Crippen LogP contribution is 2.28. The van der Waals surface area contributed by atoms with E-state index < -0.39 is 0 Å². The highest BCUT2D eigenvalue weighted by atomic mass is 15.0. The summed E-state index contributed by atoms with van der Waals surface area (Å²) in [5.41, 5.74) is 6.23. The van der Waals surface area contributed by atoms with E-state index in [9.17, 15) is 0 Å². The Morgan fingerprint density at radius 3 is 2.58 bits per heavy atom. The maximum Gasteiger partial charge on any atom is 0.0280 e. The van der Waals surface area contributed by atoms with Gasteiger partial charge in [0.15, 0.2) is 0 Å². The van der Waals surface area contributed by atoms with Gasteiger partial charge in [-0.1, -0.05) is 13.3 Å². The molecule has 3 N–H and O–H groups in total. The van der Waals surface area contributed by atoms with Crippen molar-refractivity contribution in [2.24, 2.45) is 5.73 Å². The van der Waals surface area contributed by atoms with Crippen LogP contribution in [0.2, 0.25) is 0 Å². The van der Waals surface area contributed by atoms with Gasteiger partial charge in [0, 0.05) is 18.1 Å². The van der Waals surface area contributed by atoms with Crippen molar-refractivity contribution in [2.75, 3.05) is 6.54 Å². The third-order valence-electron chi connectivity index (χ3n) is 2.87. The van der Waals surface area contributed by atoms with Crippen LogP contribution in [0.3, 0.4) is 0 Å². The number of hydrogen-bond acceptors (Lipinski definition) is 2. The second-order valence-corrected chi connectivity index (χ2v) is 4.29. The van der Waals surface area contributed by atoms with E-state index in [4.69, 9.17) is 5.73 Å². The summed E-state index contributed by atoms with van der Waals surface area (Å²) in [7, 11) is 0. The average Bonchev–Trinajstić information content (AvgIpc) is 1.98. The molecule has 1 saturated carbocycles. The van der Waals surface area contributed by atoms with Gasteiger partial charge in [-0.05, 0) is 32.6 Å². The van der Waals surface area contributed by atoms with Gasteiger partial charge in [0.1, 0.15) is 0 Å². The third-order valence-corrected chi connectivity index (χ3v) is 2.87. The van der Waals surface area contributed by atoms with Crippen LogP contribution in [0.4, 0.5) is 0 Å². The lowest BCUT2D eigenvalue weighted by Gasteiger charge is -2.39. The highest BCUT2D eigenvalue weighted by Gasteiger charge is 2.31. The average molecular weight is 170 g/mol. The van der Waals surface area contributed by atoms with Crippen molar-refractivity contribution in [3.8, 4) is 0 Å². The molecule has 2 nitrogen and oxygen atoms in total. The molecule has 0 aliphatic heterocycles. The number of rotatable bonds is 5. The zero-order chi connectivity index (χ0) is 9.03. The van der Waals surface area contributed by atoms with Gasteiger partial charge in [0.25, 0.3) is 0 Å². The fourth-order valence-corrected chi connectivity index (χ4v) is 1.72. The van der Waals surface area contributed by atoms with E-state index in [-0.39, 0.29) is 5.54 Å². The minimum atomic E-state index is 0.141. The lowest BCUT2D eigenvalue weighted by Crippen LogP contribution is -2.55. The van der Waals surface area contributed by atoms with E-state index in [0.29, 0.717) is 6.04 Å². The number of nitrogens with one attached hydrogen (secondary N) is 1. The fourth-order valence-electron chi connectivity index (χ4n) is 1.72. The van der Waals surface area contributed by atoms with Crippen LogP contribution < -0.4 is 11.1 Å². The maximum absolute atomic E-state index is 6.08. The molecule has 0 saturated heterocycles. The van der Waals surface area contributed by atoms with Gasteiger partial charge >= 0.3 is 0 Å². The van der Waals surface area contributed by atoms with Crippen LogP contribution >= 0.6 is 0 Å². The first-order valence-corrected chi connectivity index (χ1v) is 5.18. The van der Waals surface area contributed by atoms with E-state index in [1.807, 2.05) is 0 Å². The lowest BCUT2D eigenvalue weighted by molar-refractivity contribution is 0.230. The summed E-state index contributed by atoms with van der Waals surface area (Å²) < 4.78 is 0. The highest BCUT2D eigenvalue weighted by molar-refractivity contribution is 4.94. The Balaban J connectivity index is 2.07. The summed E-state index contributed by atoms with van der Waals surface area (Å²) in [5.74, 6) is 0.